The van der Waals surface area contributed by atoms with E-state index in [1.165, 1.54) is 12.8 Å². The highest BCUT2D eigenvalue weighted by Gasteiger charge is 2.27. The van der Waals surface area contributed by atoms with Crippen LogP contribution in [0.4, 0.5) is 0 Å². The molecule has 1 atom stereocenters. The van der Waals surface area contributed by atoms with Crippen molar-refractivity contribution in [2.75, 3.05) is 6.61 Å². The highest BCUT2D eigenvalue weighted by molar-refractivity contribution is 5.84. The Balaban J connectivity index is 1.76. The molecule has 0 amide bonds. The molecule has 0 radical (unpaired) electrons. The van der Waals surface area contributed by atoms with Gasteiger partial charge < -0.3 is 15.6 Å². The first-order chi connectivity index (χ1) is 11.3. The average Bonchev–Trinajstić information content (AvgIpc) is 2.56. The molecule has 1 aliphatic rings. The van der Waals surface area contributed by atoms with Crippen LogP contribution >= 0.6 is 0 Å². The van der Waals surface area contributed by atoms with Gasteiger partial charge in [-0.15, -0.1) is 0 Å². The molecule has 0 saturated heterocycles. The van der Waals surface area contributed by atoms with Gasteiger partial charge in [-0.05, 0) is 72.6 Å². The third-order valence-corrected chi connectivity index (χ3v) is 5.39. The molecule has 0 heterocycles. The molecule has 1 aliphatic carbocycles. The lowest BCUT2D eigenvalue weighted by Crippen LogP contribution is -2.36. The summed E-state index contributed by atoms with van der Waals surface area (Å²) in [6, 6.07) is 12.3. The Bertz CT molecular complexity index is 711. The van der Waals surface area contributed by atoms with Crippen LogP contribution in [0.5, 0.6) is 5.75 Å². The van der Waals surface area contributed by atoms with Gasteiger partial charge in [0, 0.05) is 0 Å². The molecule has 0 aromatic heterocycles. The summed E-state index contributed by atoms with van der Waals surface area (Å²) in [6.45, 7) is 6.46. The van der Waals surface area contributed by atoms with E-state index in [4.69, 9.17) is 10.5 Å². The summed E-state index contributed by atoms with van der Waals surface area (Å²) in [5.74, 6) is 0.942. The Kier molecular flexibility index (Phi) is 4.58. The summed E-state index contributed by atoms with van der Waals surface area (Å²) in [6.07, 6.45) is 5.05. The van der Waals surface area contributed by atoms with Crippen LogP contribution in [0.2, 0.25) is 0 Å². The molecule has 0 spiro atoms. The molecule has 0 aliphatic heterocycles. The van der Waals surface area contributed by atoms with Crippen LogP contribution < -0.4 is 10.5 Å². The maximum absolute atomic E-state index is 9.44. The van der Waals surface area contributed by atoms with E-state index >= 15 is 0 Å². The Hall–Kier alpha value is -1.58. The molecule has 3 heteroatoms. The van der Waals surface area contributed by atoms with Gasteiger partial charge in [-0.25, -0.2) is 0 Å². The lowest BCUT2D eigenvalue weighted by Gasteiger charge is -2.34. The summed E-state index contributed by atoms with van der Waals surface area (Å²) in [5.41, 5.74) is 6.82. The topological polar surface area (TPSA) is 55.5 Å². The first-order valence-electron chi connectivity index (χ1n) is 8.90. The van der Waals surface area contributed by atoms with Gasteiger partial charge in [0.15, 0.2) is 0 Å². The van der Waals surface area contributed by atoms with Crippen LogP contribution in [0.25, 0.3) is 10.8 Å². The molecule has 3 nitrogen and oxygen atoms in total. The maximum Gasteiger partial charge on any atom is 0.120 e. The van der Waals surface area contributed by atoms with Gasteiger partial charge in [0.25, 0.3) is 0 Å². The van der Waals surface area contributed by atoms with Crippen LogP contribution in [-0.2, 0) is 5.54 Å². The number of rotatable bonds is 4. The third kappa shape index (κ3) is 3.73. The average molecular weight is 327 g/mol. The normalized spacial score (nSPS) is 20.7. The zero-order valence-corrected chi connectivity index (χ0v) is 15.0. The number of ether oxygens (including phenoxy) is 1. The minimum absolute atomic E-state index is 0.0717. The van der Waals surface area contributed by atoms with E-state index in [2.05, 4.69) is 38.1 Å². The minimum Gasteiger partial charge on any atom is -0.490 e. The van der Waals surface area contributed by atoms with Crippen molar-refractivity contribution in [3.63, 3.8) is 0 Å². The van der Waals surface area contributed by atoms with Gasteiger partial charge in [-0.2, -0.15) is 0 Å². The second-order valence-electron chi connectivity index (χ2n) is 8.28. The summed E-state index contributed by atoms with van der Waals surface area (Å²) in [7, 11) is 0. The second kappa shape index (κ2) is 6.38. The van der Waals surface area contributed by atoms with Crippen LogP contribution in [0.1, 0.15) is 52.0 Å². The van der Waals surface area contributed by atoms with E-state index in [1.54, 1.807) is 0 Å². The van der Waals surface area contributed by atoms with E-state index in [0.717, 1.165) is 34.9 Å². The molecule has 3 N–H and O–H groups in total. The summed E-state index contributed by atoms with van der Waals surface area (Å²) in [5, 5.41) is 11.7. The predicted octanol–water partition coefficient (Wildman–Crippen LogP) is 4.35. The molecule has 0 bridgehead atoms. The van der Waals surface area contributed by atoms with Gasteiger partial charge >= 0.3 is 0 Å². The summed E-state index contributed by atoms with van der Waals surface area (Å²) >= 11 is 0. The van der Waals surface area contributed by atoms with Crippen molar-refractivity contribution in [3.8, 4) is 5.75 Å². The predicted molar refractivity (Wildman–Crippen MR) is 99.2 cm³/mol. The van der Waals surface area contributed by atoms with Gasteiger partial charge in [0.1, 0.15) is 5.75 Å². The number of nitrogens with two attached hydrogens (primary N) is 1. The van der Waals surface area contributed by atoms with Crippen molar-refractivity contribution in [3.05, 3.63) is 42.0 Å². The van der Waals surface area contributed by atoms with Crippen molar-refractivity contribution in [1.29, 1.82) is 0 Å². The van der Waals surface area contributed by atoms with Gasteiger partial charge in [0.2, 0.25) is 0 Å². The molecule has 1 saturated carbocycles. The fourth-order valence-electron chi connectivity index (χ4n) is 3.43. The molecule has 2 aromatic rings. The second-order valence-corrected chi connectivity index (χ2v) is 8.28. The Labute approximate surface area is 144 Å². The summed E-state index contributed by atoms with van der Waals surface area (Å²) < 4.78 is 6.21. The number of aliphatic hydroxyl groups is 1. The van der Waals surface area contributed by atoms with Crippen LogP contribution in [0, 0.1) is 5.41 Å². The van der Waals surface area contributed by atoms with Crippen molar-refractivity contribution in [2.24, 2.45) is 11.1 Å². The Morgan fingerprint density at radius 3 is 2.42 bits per heavy atom. The molecule has 130 valence electrons. The monoisotopic (exact) mass is 327 g/mol. The zero-order chi connectivity index (χ0) is 17.4. The smallest absolute Gasteiger partial charge is 0.120 e. The number of fused-ring (bicyclic) bond motifs is 1. The molecule has 24 heavy (non-hydrogen) atoms. The highest BCUT2D eigenvalue weighted by Crippen LogP contribution is 2.37. The van der Waals surface area contributed by atoms with Gasteiger partial charge in [-0.3, -0.25) is 0 Å². The van der Waals surface area contributed by atoms with Gasteiger partial charge in [0.05, 0.1) is 18.2 Å². The zero-order valence-electron chi connectivity index (χ0n) is 15.0. The lowest BCUT2D eigenvalue weighted by molar-refractivity contribution is 0.0989. The molecule has 1 fully saturated rings. The lowest BCUT2D eigenvalue weighted by atomic mass is 9.76. The number of hydrogen-bond donors (Lipinski definition) is 2. The fraction of sp³-hybridized carbons (Fsp3) is 0.524. The van der Waals surface area contributed by atoms with Gasteiger partial charge in [-0.1, -0.05) is 32.0 Å². The minimum atomic E-state index is -0.710. The van der Waals surface area contributed by atoms with Crippen molar-refractivity contribution < 1.29 is 9.84 Å². The van der Waals surface area contributed by atoms with E-state index in [1.807, 2.05) is 19.1 Å². The molecular formula is C21H29NO2. The van der Waals surface area contributed by atoms with E-state index in [9.17, 15) is 5.11 Å². The third-order valence-electron chi connectivity index (χ3n) is 5.39. The Morgan fingerprint density at radius 2 is 1.75 bits per heavy atom. The van der Waals surface area contributed by atoms with Crippen LogP contribution in [0.15, 0.2) is 36.4 Å². The molecular weight excluding hydrogens is 298 g/mol. The summed E-state index contributed by atoms with van der Waals surface area (Å²) in [4.78, 5) is 0. The first kappa shape index (κ1) is 17.2. The number of benzene rings is 2. The standard InChI is InChI=1S/C21H29NO2/c1-20(2)10-8-18(9-11-20)24-19-7-5-15-12-17(21(3,22)14-23)6-4-16(15)13-19/h4-7,12-13,18,23H,8-11,14,22H2,1-3H3. The largest absolute Gasteiger partial charge is 0.490 e. The highest BCUT2D eigenvalue weighted by atomic mass is 16.5. The van der Waals surface area contributed by atoms with Crippen molar-refractivity contribution in [1.82, 2.24) is 0 Å². The Morgan fingerprint density at radius 1 is 1.12 bits per heavy atom. The van der Waals surface area contributed by atoms with Crippen molar-refractivity contribution >= 4 is 10.8 Å². The van der Waals surface area contributed by atoms with Crippen LogP contribution in [-0.4, -0.2) is 17.8 Å². The number of aliphatic hydroxyl groups excluding tert-OH is 1. The molecule has 1 unspecified atom stereocenters. The van der Waals surface area contributed by atoms with E-state index < -0.39 is 5.54 Å². The first-order valence-corrected chi connectivity index (χ1v) is 8.90. The molecule has 3 rings (SSSR count). The van der Waals surface area contributed by atoms with Crippen molar-refractivity contribution in [2.45, 2.75) is 58.1 Å². The van der Waals surface area contributed by atoms with E-state index in [0.29, 0.717) is 11.5 Å². The maximum atomic E-state index is 9.44. The number of hydrogen-bond acceptors (Lipinski definition) is 3. The van der Waals surface area contributed by atoms with E-state index in [-0.39, 0.29) is 6.61 Å². The van der Waals surface area contributed by atoms with Crippen LogP contribution in [0.3, 0.4) is 0 Å². The quantitative estimate of drug-likeness (QED) is 0.877. The SMILES string of the molecule is CC1(C)CCC(Oc2ccc3cc(C(C)(N)CO)ccc3c2)CC1. The fourth-order valence-corrected chi connectivity index (χ4v) is 3.43. The molecule has 2 aromatic carbocycles.